The van der Waals surface area contributed by atoms with Crippen molar-refractivity contribution < 1.29 is 14.3 Å². The normalized spacial score (nSPS) is 15.5. The summed E-state index contributed by atoms with van der Waals surface area (Å²) in [6.07, 6.45) is 1.64. The van der Waals surface area contributed by atoms with Crippen LogP contribution in [0, 0.1) is 6.92 Å². The first-order valence-electron chi connectivity index (χ1n) is 11.0. The zero-order valence-electron chi connectivity index (χ0n) is 18.9. The average Bonchev–Trinajstić information content (AvgIpc) is 3.21. The van der Waals surface area contributed by atoms with E-state index in [0.29, 0.717) is 19.7 Å². The highest BCUT2D eigenvalue weighted by atomic mass is 32.1. The van der Waals surface area contributed by atoms with Gasteiger partial charge < -0.3 is 19.9 Å². The maximum absolute atomic E-state index is 13.3. The third-order valence-corrected chi connectivity index (χ3v) is 6.42. The number of benzene rings is 1. The van der Waals surface area contributed by atoms with Gasteiger partial charge in [-0.25, -0.2) is 4.79 Å². The standard InChI is InChI=1S/C24H33N3O3S/c1-5-12-26(24(29)25-17(2)3)15-23(28)27-13-10-22-19(11-14-31-22)20(27)16-30-21-9-7-6-8-18(21)4/h6-9,11,14,17,20H,5,10,12-13,15-16H2,1-4H3,(H,25,29)/t20-/m1/s1. The largest absolute Gasteiger partial charge is 0.491 e. The van der Waals surface area contributed by atoms with E-state index in [2.05, 4.69) is 16.8 Å². The molecule has 0 bridgehead atoms. The van der Waals surface area contributed by atoms with Gasteiger partial charge in [0.25, 0.3) is 0 Å². The van der Waals surface area contributed by atoms with Gasteiger partial charge in [-0.05, 0) is 62.3 Å². The highest BCUT2D eigenvalue weighted by molar-refractivity contribution is 7.10. The molecule has 3 rings (SSSR count). The van der Waals surface area contributed by atoms with Crippen LogP contribution in [0.4, 0.5) is 4.79 Å². The van der Waals surface area contributed by atoms with Gasteiger partial charge in [-0.1, -0.05) is 25.1 Å². The molecule has 7 heteroatoms. The summed E-state index contributed by atoms with van der Waals surface area (Å²) in [6.45, 7) is 9.53. The van der Waals surface area contributed by atoms with E-state index >= 15 is 0 Å². The molecule has 1 aromatic heterocycles. The Kier molecular flexibility index (Phi) is 7.96. The van der Waals surface area contributed by atoms with Gasteiger partial charge in [-0.3, -0.25) is 4.79 Å². The lowest BCUT2D eigenvalue weighted by atomic mass is 10.0. The number of hydrogen-bond acceptors (Lipinski definition) is 4. The minimum absolute atomic E-state index is 0.0283. The lowest BCUT2D eigenvalue weighted by Gasteiger charge is -2.37. The summed E-state index contributed by atoms with van der Waals surface area (Å²) in [5.74, 6) is 0.795. The van der Waals surface area contributed by atoms with Crippen molar-refractivity contribution in [2.75, 3.05) is 26.2 Å². The van der Waals surface area contributed by atoms with Gasteiger partial charge in [0.1, 0.15) is 18.9 Å². The van der Waals surface area contributed by atoms with Crippen molar-refractivity contribution in [1.29, 1.82) is 0 Å². The zero-order chi connectivity index (χ0) is 22.4. The number of rotatable bonds is 8. The van der Waals surface area contributed by atoms with Crippen LogP contribution in [-0.2, 0) is 11.2 Å². The van der Waals surface area contributed by atoms with Gasteiger partial charge in [0, 0.05) is 24.0 Å². The van der Waals surface area contributed by atoms with Crippen LogP contribution in [0.2, 0.25) is 0 Å². The van der Waals surface area contributed by atoms with Gasteiger partial charge in [0.05, 0.1) is 6.04 Å². The Morgan fingerprint density at radius 3 is 2.77 bits per heavy atom. The van der Waals surface area contributed by atoms with E-state index in [0.717, 1.165) is 29.7 Å². The topological polar surface area (TPSA) is 61.9 Å². The first-order valence-corrected chi connectivity index (χ1v) is 11.9. The number of nitrogens with one attached hydrogen (secondary N) is 1. The Hall–Kier alpha value is -2.54. The van der Waals surface area contributed by atoms with Crippen molar-refractivity contribution in [2.45, 2.75) is 52.6 Å². The molecule has 3 amide bonds. The Balaban J connectivity index is 1.76. The van der Waals surface area contributed by atoms with E-state index in [9.17, 15) is 9.59 Å². The van der Waals surface area contributed by atoms with E-state index in [1.807, 2.05) is 56.9 Å². The minimum atomic E-state index is -0.189. The Morgan fingerprint density at radius 1 is 1.29 bits per heavy atom. The van der Waals surface area contributed by atoms with Gasteiger partial charge in [-0.15, -0.1) is 11.3 Å². The van der Waals surface area contributed by atoms with Crippen LogP contribution in [0.1, 0.15) is 49.2 Å². The number of nitrogens with zero attached hydrogens (tertiary/aromatic N) is 2. The molecule has 2 heterocycles. The van der Waals surface area contributed by atoms with Crippen LogP contribution < -0.4 is 10.1 Å². The van der Waals surface area contributed by atoms with Crippen molar-refractivity contribution in [3.8, 4) is 5.75 Å². The summed E-state index contributed by atoms with van der Waals surface area (Å²) in [5, 5.41) is 4.99. The SMILES string of the molecule is CCCN(CC(=O)N1CCc2sccc2[C@H]1COc1ccccc1C)C(=O)NC(C)C. The molecule has 0 saturated heterocycles. The van der Waals surface area contributed by atoms with Crippen molar-refractivity contribution in [3.05, 3.63) is 51.7 Å². The highest BCUT2D eigenvalue weighted by Crippen LogP contribution is 2.34. The van der Waals surface area contributed by atoms with E-state index in [1.54, 1.807) is 16.2 Å². The minimum Gasteiger partial charge on any atom is -0.491 e. The van der Waals surface area contributed by atoms with Crippen LogP contribution in [-0.4, -0.2) is 54.0 Å². The number of fused-ring (bicyclic) bond motifs is 1. The second-order valence-electron chi connectivity index (χ2n) is 8.25. The first-order chi connectivity index (χ1) is 14.9. The van der Waals surface area contributed by atoms with Gasteiger partial charge >= 0.3 is 6.03 Å². The van der Waals surface area contributed by atoms with Gasteiger partial charge in [0.2, 0.25) is 5.91 Å². The molecule has 0 fully saturated rings. The molecule has 0 saturated carbocycles. The van der Waals surface area contributed by atoms with Crippen LogP contribution in [0.5, 0.6) is 5.75 Å². The van der Waals surface area contributed by atoms with Crippen molar-refractivity contribution >= 4 is 23.3 Å². The smallest absolute Gasteiger partial charge is 0.318 e. The van der Waals surface area contributed by atoms with Gasteiger partial charge in [-0.2, -0.15) is 0 Å². The molecule has 2 aromatic rings. The van der Waals surface area contributed by atoms with E-state index < -0.39 is 0 Å². The van der Waals surface area contributed by atoms with E-state index in [-0.39, 0.29) is 30.6 Å². The Bertz CT molecular complexity index is 896. The summed E-state index contributed by atoms with van der Waals surface area (Å²) in [4.78, 5) is 30.7. The fraction of sp³-hybridized carbons (Fsp3) is 0.500. The third kappa shape index (κ3) is 5.79. The molecule has 1 N–H and O–H groups in total. The second-order valence-corrected chi connectivity index (χ2v) is 9.25. The van der Waals surface area contributed by atoms with E-state index in [4.69, 9.17) is 4.74 Å². The number of aryl methyl sites for hydroxylation is 1. The molecule has 0 spiro atoms. The highest BCUT2D eigenvalue weighted by Gasteiger charge is 2.33. The lowest BCUT2D eigenvalue weighted by molar-refractivity contribution is -0.135. The molecule has 0 radical (unpaired) electrons. The maximum atomic E-state index is 13.3. The van der Waals surface area contributed by atoms with Crippen LogP contribution in [0.3, 0.4) is 0 Å². The molecule has 1 aromatic carbocycles. The third-order valence-electron chi connectivity index (χ3n) is 5.42. The summed E-state index contributed by atoms with van der Waals surface area (Å²) in [5.41, 5.74) is 2.23. The average molecular weight is 444 g/mol. The fourth-order valence-corrected chi connectivity index (χ4v) is 4.80. The molecular formula is C24H33N3O3S. The van der Waals surface area contributed by atoms with Crippen LogP contribution in [0.15, 0.2) is 35.7 Å². The zero-order valence-corrected chi connectivity index (χ0v) is 19.7. The number of amides is 3. The van der Waals surface area contributed by atoms with E-state index in [1.165, 1.54) is 4.88 Å². The number of carbonyl (C=O) groups excluding carboxylic acids is 2. The Labute approximate surface area is 189 Å². The summed E-state index contributed by atoms with van der Waals surface area (Å²) >= 11 is 1.73. The molecule has 31 heavy (non-hydrogen) atoms. The number of hydrogen-bond donors (Lipinski definition) is 1. The number of urea groups is 1. The maximum Gasteiger partial charge on any atom is 0.318 e. The molecule has 6 nitrogen and oxygen atoms in total. The monoisotopic (exact) mass is 443 g/mol. The van der Waals surface area contributed by atoms with Crippen LogP contribution in [0.25, 0.3) is 0 Å². The molecule has 1 atom stereocenters. The fourth-order valence-electron chi connectivity index (χ4n) is 3.88. The van der Waals surface area contributed by atoms with Crippen molar-refractivity contribution in [3.63, 3.8) is 0 Å². The van der Waals surface area contributed by atoms with Crippen molar-refractivity contribution in [1.82, 2.24) is 15.1 Å². The number of carbonyl (C=O) groups is 2. The van der Waals surface area contributed by atoms with Crippen LogP contribution >= 0.6 is 11.3 Å². The molecule has 0 unspecified atom stereocenters. The number of thiophene rings is 1. The predicted molar refractivity (Wildman–Crippen MR) is 125 cm³/mol. The molecule has 168 valence electrons. The number of ether oxygens (including phenoxy) is 1. The van der Waals surface area contributed by atoms with Crippen molar-refractivity contribution in [2.24, 2.45) is 0 Å². The molecule has 1 aliphatic heterocycles. The lowest BCUT2D eigenvalue weighted by Crippen LogP contribution is -2.50. The molecule has 1 aliphatic rings. The summed E-state index contributed by atoms with van der Waals surface area (Å²) in [7, 11) is 0. The Morgan fingerprint density at radius 2 is 2.06 bits per heavy atom. The van der Waals surface area contributed by atoms with Gasteiger partial charge in [0.15, 0.2) is 0 Å². The number of para-hydroxylation sites is 1. The second kappa shape index (κ2) is 10.7. The quantitative estimate of drug-likeness (QED) is 0.658. The first kappa shape index (κ1) is 23.1. The molecular weight excluding hydrogens is 410 g/mol. The summed E-state index contributed by atoms with van der Waals surface area (Å²) < 4.78 is 6.15. The summed E-state index contributed by atoms with van der Waals surface area (Å²) in [6, 6.07) is 9.70. The molecule has 0 aliphatic carbocycles. The predicted octanol–water partition coefficient (Wildman–Crippen LogP) is 4.39.